The highest BCUT2D eigenvalue weighted by molar-refractivity contribution is 8.14. The summed E-state index contributed by atoms with van der Waals surface area (Å²) in [5.74, 6) is -0.240. The lowest BCUT2D eigenvalue weighted by Gasteiger charge is -2.38. The van der Waals surface area contributed by atoms with E-state index in [0.29, 0.717) is 31.6 Å². The molecule has 6 nitrogen and oxygen atoms in total. The summed E-state index contributed by atoms with van der Waals surface area (Å²) in [6.07, 6.45) is 6.39. The molecule has 0 spiro atoms. The lowest BCUT2D eigenvalue weighted by atomic mass is 9.93. The SMILES string of the molecule is CC(=O)SC1CCN(C(C(=O)C2CC2)c2ccccc2F)C/C1=C\c1ccn(Cc2cscn2)n1. The van der Waals surface area contributed by atoms with E-state index in [1.165, 1.54) is 17.8 Å². The number of thioether (sulfide) groups is 1. The second kappa shape index (κ2) is 10.6. The first-order valence-electron chi connectivity index (χ1n) is 11.8. The maximum Gasteiger partial charge on any atom is 0.186 e. The highest BCUT2D eigenvalue weighted by atomic mass is 32.2. The van der Waals surface area contributed by atoms with Crippen LogP contribution in [0.2, 0.25) is 0 Å². The number of aromatic nitrogens is 3. The lowest BCUT2D eigenvalue weighted by Crippen LogP contribution is -2.43. The summed E-state index contributed by atoms with van der Waals surface area (Å²) in [4.78, 5) is 31.7. The molecule has 1 saturated carbocycles. The number of ketones is 1. The van der Waals surface area contributed by atoms with Gasteiger partial charge in [-0.25, -0.2) is 9.37 Å². The molecule has 3 heterocycles. The normalized spacial score (nSPS) is 20.7. The molecule has 9 heteroatoms. The van der Waals surface area contributed by atoms with Crippen molar-refractivity contribution in [1.29, 1.82) is 0 Å². The van der Waals surface area contributed by atoms with E-state index in [1.54, 1.807) is 42.0 Å². The molecule has 0 radical (unpaired) electrons. The van der Waals surface area contributed by atoms with Crippen molar-refractivity contribution in [2.45, 2.75) is 44.0 Å². The minimum Gasteiger partial charge on any atom is -0.297 e. The van der Waals surface area contributed by atoms with Crippen molar-refractivity contribution in [1.82, 2.24) is 19.7 Å². The number of Topliss-reactive ketones (excluding diaryl/α,β-unsaturated/α-hetero) is 1. The largest absolute Gasteiger partial charge is 0.297 e. The Morgan fingerprint density at radius 1 is 1.26 bits per heavy atom. The summed E-state index contributed by atoms with van der Waals surface area (Å²) in [5, 5.41) is 6.73. The molecule has 2 fully saturated rings. The molecule has 0 bridgehead atoms. The minimum atomic E-state index is -0.613. The van der Waals surface area contributed by atoms with Crippen molar-refractivity contribution < 1.29 is 14.0 Å². The molecule has 0 amide bonds. The fourth-order valence-corrected chi connectivity index (χ4v) is 6.08. The molecule has 2 unspecified atom stereocenters. The molecule has 182 valence electrons. The number of halogens is 1. The van der Waals surface area contributed by atoms with E-state index in [4.69, 9.17) is 0 Å². The van der Waals surface area contributed by atoms with E-state index in [2.05, 4.69) is 15.0 Å². The molecule has 1 saturated heterocycles. The molecule has 2 aliphatic rings. The van der Waals surface area contributed by atoms with Crippen LogP contribution >= 0.6 is 23.1 Å². The zero-order valence-electron chi connectivity index (χ0n) is 19.5. The van der Waals surface area contributed by atoms with Crippen LogP contribution in [0.3, 0.4) is 0 Å². The van der Waals surface area contributed by atoms with E-state index in [-0.39, 0.29) is 27.9 Å². The first kappa shape index (κ1) is 24.1. The zero-order valence-corrected chi connectivity index (χ0v) is 21.1. The van der Waals surface area contributed by atoms with Gasteiger partial charge in [-0.2, -0.15) is 5.10 Å². The van der Waals surface area contributed by atoms with Gasteiger partial charge in [0.2, 0.25) is 0 Å². The summed E-state index contributed by atoms with van der Waals surface area (Å²) in [5.41, 5.74) is 5.02. The van der Waals surface area contributed by atoms with Gasteiger partial charge in [-0.3, -0.25) is 19.2 Å². The van der Waals surface area contributed by atoms with Crippen molar-refractivity contribution in [3.05, 3.63) is 75.8 Å². The molecular formula is C26H27FN4O2S2. The van der Waals surface area contributed by atoms with Crippen LogP contribution in [0.25, 0.3) is 6.08 Å². The van der Waals surface area contributed by atoms with Crippen LogP contribution in [0.1, 0.15) is 49.2 Å². The lowest BCUT2D eigenvalue weighted by molar-refractivity contribution is -0.126. The molecular weight excluding hydrogens is 483 g/mol. The van der Waals surface area contributed by atoms with Crippen LogP contribution < -0.4 is 0 Å². The third kappa shape index (κ3) is 5.79. The van der Waals surface area contributed by atoms with Gasteiger partial charge in [0, 0.05) is 48.3 Å². The summed E-state index contributed by atoms with van der Waals surface area (Å²) in [6, 6.07) is 7.91. The number of benzene rings is 1. The Morgan fingerprint density at radius 3 is 2.80 bits per heavy atom. The van der Waals surface area contributed by atoms with E-state index >= 15 is 0 Å². The van der Waals surface area contributed by atoms with Crippen LogP contribution in [0, 0.1) is 11.7 Å². The Balaban J connectivity index is 1.43. The van der Waals surface area contributed by atoms with Gasteiger partial charge in [-0.05, 0) is 43.0 Å². The highest BCUT2D eigenvalue weighted by Crippen LogP contribution is 2.40. The predicted molar refractivity (Wildman–Crippen MR) is 137 cm³/mol. The number of nitrogens with zero attached hydrogens (tertiary/aromatic N) is 4. The first-order chi connectivity index (χ1) is 17.0. The highest BCUT2D eigenvalue weighted by Gasteiger charge is 2.41. The van der Waals surface area contributed by atoms with Crippen LogP contribution in [-0.4, -0.2) is 48.9 Å². The Morgan fingerprint density at radius 2 is 2.09 bits per heavy atom. The van der Waals surface area contributed by atoms with Gasteiger partial charge in [0.05, 0.1) is 29.5 Å². The molecule has 1 aliphatic heterocycles. The molecule has 1 aliphatic carbocycles. The van der Waals surface area contributed by atoms with E-state index < -0.39 is 6.04 Å². The number of hydrogen-bond donors (Lipinski definition) is 0. The molecule has 5 rings (SSSR count). The van der Waals surface area contributed by atoms with Gasteiger partial charge in [-0.1, -0.05) is 30.0 Å². The minimum absolute atomic E-state index is 0.00439. The molecule has 1 aromatic carbocycles. The van der Waals surface area contributed by atoms with Crippen molar-refractivity contribution >= 4 is 40.1 Å². The van der Waals surface area contributed by atoms with Gasteiger partial charge in [0.25, 0.3) is 0 Å². The number of rotatable bonds is 8. The Kier molecular flexibility index (Phi) is 7.27. The maximum atomic E-state index is 14.8. The zero-order chi connectivity index (χ0) is 24.4. The Labute approximate surface area is 212 Å². The molecule has 2 aromatic heterocycles. The summed E-state index contributed by atoms with van der Waals surface area (Å²) < 4.78 is 16.7. The number of carbonyl (C=O) groups is 2. The fraction of sp³-hybridized carbons (Fsp3) is 0.385. The van der Waals surface area contributed by atoms with Crippen molar-refractivity contribution in [2.24, 2.45) is 5.92 Å². The first-order valence-corrected chi connectivity index (χ1v) is 13.6. The van der Waals surface area contributed by atoms with Crippen molar-refractivity contribution in [3.8, 4) is 0 Å². The van der Waals surface area contributed by atoms with Crippen molar-refractivity contribution in [3.63, 3.8) is 0 Å². The standard InChI is InChI=1S/C26H27FN4O2S2/c1-17(32)35-24-9-10-30(25(26(33)18-6-7-18)22-4-2-3-5-23(22)27)13-19(24)12-20-8-11-31(29-20)14-21-15-34-16-28-21/h2-5,8,11-12,15-16,18,24-25H,6-7,9-10,13-14H2,1H3/b19-12+. The van der Waals surface area contributed by atoms with E-state index in [0.717, 1.165) is 29.8 Å². The van der Waals surface area contributed by atoms with Gasteiger partial charge in [0.15, 0.2) is 10.9 Å². The number of carbonyl (C=O) groups excluding carboxylic acids is 2. The molecule has 0 N–H and O–H groups in total. The molecule has 3 aromatic rings. The quantitative estimate of drug-likeness (QED) is 0.426. The van der Waals surface area contributed by atoms with Crippen LogP contribution in [0.15, 0.2) is 53.0 Å². The third-order valence-electron chi connectivity index (χ3n) is 6.40. The Bertz CT molecular complexity index is 1240. The van der Waals surface area contributed by atoms with Gasteiger partial charge in [0.1, 0.15) is 5.82 Å². The van der Waals surface area contributed by atoms with Crippen LogP contribution in [0.5, 0.6) is 0 Å². The third-order valence-corrected chi connectivity index (χ3v) is 8.19. The van der Waals surface area contributed by atoms with Crippen LogP contribution in [0.4, 0.5) is 4.39 Å². The summed E-state index contributed by atoms with van der Waals surface area (Å²) >= 11 is 2.87. The number of piperidine rings is 1. The number of likely N-dealkylation sites (tertiary alicyclic amines) is 1. The summed E-state index contributed by atoms with van der Waals surface area (Å²) in [6.45, 7) is 3.28. The molecule has 2 atom stereocenters. The Hall–Kier alpha value is -2.62. The monoisotopic (exact) mass is 510 g/mol. The topological polar surface area (TPSA) is 68.1 Å². The summed E-state index contributed by atoms with van der Waals surface area (Å²) in [7, 11) is 0. The number of hydrogen-bond acceptors (Lipinski definition) is 7. The fourth-order valence-electron chi connectivity index (χ4n) is 4.61. The van der Waals surface area contributed by atoms with Crippen molar-refractivity contribution in [2.75, 3.05) is 13.1 Å². The average Bonchev–Trinajstić information content (AvgIpc) is 3.39. The van der Waals surface area contributed by atoms with Crippen LogP contribution in [-0.2, 0) is 16.1 Å². The smallest absolute Gasteiger partial charge is 0.186 e. The van der Waals surface area contributed by atoms with E-state index in [1.807, 2.05) is 28.4 Å². The second-order valence-corrected chi connectivity index (χ2v) is 11.2. The predicted octanol–water partition coefficient (Wildman–Crippen LogP) is 4.98. The van der Waals surface area contributed by atoms with Gasteiger partial charge < -0.3 is 0 Å². The second-order valence-electron chi connectivity index (χ2n) is 9.10. The van der Waals surface area contributed by atoms with Gasteiger partial charge in [-0.15, -0.1) is 11.3 Å². The number of thiazole rings is 1. The van der Waals surface area contributed by atoms with E-state index in [9.17, 15) is 14.0 Å². The molecule has 35 heavy (non-hydrogen) atoms. The maximum absolute atomic E-state index is 14.8. The van der Waals surface area contributed by atoms with Gasteiger partial charge >= 0.3 is 0 Å². The average molecular weight is 511 g/mol.